The van der Waals surface area contributed by atoms with Crippen LogP contribution in [-0.2, 0) is 0 Å². The summed E-state index contributed by atoms with van der Waals surface area (Å²) in [5, 5.41) is 4.45. The van der Waals surface area contributed by atoms with Crippen LogP contribution in [0.2, 0.25) is 5.02 Å². The Morgan fingerprint density at radius 3 is 2.50 bits per heavy atom. The molecule has 2 rings (SSSR count). The van der Waals surface area contributed by atoms with Gasteiger partial charge in [-0.05, 0) is 38.5 Å². The molecule has 0 bridgehead atoms. The molecule has 16 heavy (non-hydrogen) atoms. The molecule has 0 atom stereocenters. The fourth-order valence-corrected chi connectivity index (χ4v) is 1.82. The van der Waals surface area contributed by atoms with E-state index in [-0.39, 0.29) is 5.02 Å². The molecule has 0 aliphatic heterocycles. The van der Waals surface area contributed by atoms with Gasteiger partial charge < -0.3 is 0 Å². The van der Waals surface area contributed by atoms with Gasteiger partial charge in [0.15, 0.2) is 0 Å². The molecule has 0 aliphatic rings. The summed E-state index contributed by atoms with van der Waals surface area (Å²) in [5.74, 6) is -0.427. The summed E-state index contributed by atoms with van der Waals surface area (Å²) in [5.41, 5.74) is 3.58. The quantitative estimate of drug-likeness (QED) is 0.743. The molecule has 1 aromatic carbocycles. The minimum atomic E-state index is -0.427. The molecule has 0 saturated heterocycles. The fraction of sp³-hybridized carbons (Fsp3) is 0.250. The lowest BCUT2D eigenvalue weighted by molar-refractivity contribution is 0.625. The van der Waals surface area contributed by atoms with E-state index in [1.54, 1.807) is 16.8 Å². The van der Waals surface area contributed by atoms with Gasteiger partial charge in [-0.25, -0.2) is 9.07 Å². The number of halogens is 2. The van der Waals surface area contributed by atoms with Crippen LogP contribution in [0.1, 0.15) is 17.0 Å². The lowest BCUT2D eigenvalue weighted by atomic mass is 10.2. The van der Waals surface area contributed by atoms with E-state index < -0.39 is 5.82 Å². The van der Waals surface area contributed by atoms with Crippen molar-refractivity contribution in [2.24, 2.45) is 0 Å². The number of nitrogens with zero attached hydrogens (tertiary/aromatic N) is 2. The molecular formula is C12H12ClFN2. The SMILES string of the molecule is Cc1nn(-c2cccc(F)c2Cl)c(C)c1C. The lowest BCUT2D eigenvalue weighted by Crippen LogP contribution is -2.01. The van der Waals surface area contributed by atoms with E-state index in [2.05, 4.69) is 5.10 Å². The van der Waals surface area contributed by atoms with Crippen LogP contribution in [0.5, 0.6) is 0 Å². The third-order valence-electron chi connectivity index (χ3n) is 2.81. The molecule has 0 saturated carbocycles. The van der Waals surface area contributed by atoms with Crippen LogP contribution in [0.4, 0.5) is 4.39 Å². The maximum absolute atomic E-state index is 13.3. The van der Waals surface area contributed by atoms with Gasteiger partial charge in [-0.2, -0.15) is 5.10 Å². The highest BCUT2D eigenvalue weighted by atomic mass is 35.5. The second-order valence-corrected chi connectivity index (χ2v) is 4.16. The highest BCUT2D eigenvalue weighted by Crippen LogP contribution is 2.25. The van der Waals surface area contributed by atoms with Crippen LogP contribution in [0.25, 0.3) is 5.69 Å². The van der Waals surface area contributed by atoms with Gasteiger partial charge in [-0.15, -0.1) is 0 Å². The molecule has 0 N–H and O–H groups in total. The monoisotopic (exact) mass is 238 g/mol. The van der Waals surface area contributed by atoms with Crippen LogP contribution in [0.3, 0.4) is 0 Å². The van der Waals surface area contributed by atoms with Crippen molar-refractivity contribution in [2.75, 3.05) is 0 Å². The molecule has 84 valence electrons. The molecule has 2 nitrogen and oxygen atoms in total. The van der Waals surface area contributed by atoms with Gasteiger partial charge in [0.1, 0.15) is 10.8 Å². The first kappa shape index (κ1) is 11.1. The molecule has 0 fully saturated rings. The van der Waals surface area contributed by atoms with Crippen molar-refractivity contribution in [2.45, 2.75) is 20.8 Å². The van der Waals surface area contributed by atoms with Gasteiger partial charge in [0.05, 0.1) is 11.4 Å². The van der Waals surface area contributed by atoms with E-state index in [0.717, 1.165) is 17.0 Å². The Kier molecular flexibility index (Phi) is 2.72. The topological polar surface area (TPSA) is 17.8 Å². The minimum absolute atomic E-state index is 0.105. The third kappa shape index (κ3) is 1.61. The lowest BCUT2D eigenvalue weighted by Gasteiger charge is -2.07. The second kappa shape index (κ2) is 3.91. The van der Waals surface area contributed by atoms with Gasteiger partial charge in [-0.3, -0.25) is 0 Å². The second-order valence-electron chi connectivity index (χ2n) is 3.78. The Morgan fingerprint density at radius 1 is 1.25 bits per heavy atom. The Morgan fingerprint density at radius 2 is 1.94 bits per heavy atom. The Hall–Kier alpha value is -1.35. The summed E-state index contributed by atoms with van der Waals surface area (Å²) in [7, 11) is 0. The van der Waals surface area contributed by atoms with Crippen LogP contribution >= 0.6 is 11.6 Å². The molecule has 0 spiro atoms. The van der Waals surface area contributed by atoms with Crippen molar-refractivity contribution >= 4 is 11.6 Å². The molecule has 0 aliphatic carbocycles. The van der Waals surface area contributed by atoms with E-state index in [9.17, 15) is 4.39 Å². The largest absolute Gasteiger partial charge is 0.236 e. The molecule has 0 radical (unpaired) electrons. The minimum Gasteiger partial charge on any atom is -0.236 e. The molecule has 4 heteroatoms. The molecule has 2 aromatic rings. The van der Waals surface area contributed by atoms with Gasteiger partial charge in [0, 0.05) is 5.69 Å². The van der Waals surface area contributed by atoms with Crippen LogP contribution in [0, 0.1) is 26.6 Å². The Balaban J connectivity index is 2.68. The highest BCUT2D eigenvalue weighted by Gasteiger charge is 2.13. The molecule has 0 unspecified atom stereocenters. The summed E-state index contributed by atoms with van der Waals surface area (Å²) in [6.45, 7) is 5.85. The number of aromatic nitrogens is 2. The number of benzene rings is 1. The first-order valence-electron chi connectivity index (χ1n) is 4.99. The van der Waals surface area contributed by atoms with Gasteiger partial charge in [0.25, 0.3) is 0 Å². The summed E-state index contributed by atoms with van der Waals surface area (Å²) >= 11 is 5.93. The van der Waals surface area contributed by atoms with Gasteiger partial charge in [0.2, 0.25) is 0 Å². The predicted molar refractivity (Wildman–Crippen MR) is 62.7 cm³/mol. The fourth-order valence-electron chi connectivity index (χ4n) is 1.61. The van der Waals surface area contributed by atoms with Crippen molar-refractivity contribution in [3.63, 3.8) is 0 Å². The smallest absolute Gasteiger partial charge is 0.143 e. The first-order valence-corrected chi connectivity index (χ1v) is 5.37. The zero-order valence-electron chi connectivity index (χ0n) is 9.38. The van der Waals surface area contributed by atoms with Crippen molar-refractivity contribution < 1.29 is 4.39 Å². The predicted octanol–water partition coefficient (Wildman–Crippen LogP) is 3.59. The first-order chi connectivity index (χ1) is 7.52. The van der Waals surface area contributed by atoms with E-state index in [1.807, 2.05) is 20.8 Å². The number of hydrogen-bond donors (Lipinski definition) is 0. The normalized spacial score (nSPS) is 10.8. The van der Waals surface area contributed by atoms with E-state index >= 15 is 0 Å². The van der Waals surface area contributed by atoms with E-state index in [0.29, 0.717) is 5.69 Å². The number of aryl methyl sites for hydroxylation is 1. The van der Waals surface area contributed by atoms with Crippen LogP contribution in [0.15, 0.2) is 18.2 Å². The molecule has 0 amide bonds. The van der Waals surface area contributed by atoms with E-state index in [4.69, 9.17) is 11.6 Å². The zero-order chi connectivity index (χ0) is 11.9. The summed E-state index contributed by atoms with van der Waals surface area (Å²) in [4.78, 5) is 0. The van der Waals surface area contributed by atoms with Crippen molar-refractivity contribution in [3.05, 3.63) is 46.0 Å². The Labute approximate surface area is 98.7 Å². The van der Waals surface area contributed by atoms with Crippen LogP contribution < -0.4 is 0 Å². The van der Waals surface area contributed by atoms with Gasteiger partial charge >= 0.3 is 0 Å². The Bertz CT molecular complexity index is 546. The summed E-state index contributed by atoms with van der Waals surface area (Å²) in [6, 6.07) is 4.72. The zero-order valence-corrected chi connectivity index (χ0v) is 10.1. The average molecular weight is 239 g/mol. The van der Waals surface area contributed by atoms with Crippen LogP contribution in [-0.4, -0.2) is 9.78 Å². The van der Waals surface area contributed by atoms with Gasteiger partial charge in [-0.1, -0.05) is 17.7 Å². The molecule has 1 heterocycles. The number of hydrogen-bond acceptors (Lipinski definition) is 1. The van der Waals surface area contributed by atoms with Crippen molar-refractivity contribution in [1.29, 1.82) is 0 Å². The third-order valence-corrected chi connectivity index (χ3v) is 3.19. The molecule has 1 aromatic heterocycles. The van der Waals surface area contributed by atoms with E-state index in [1.165, 1.54) is 6.07 Å². The summed E-state index contributed by atoms with van der Waals surface area (Å²) < 4.78 is 15.0. The van der Waals surface area contributed by atoms with Crippen molar-refractivity contribution in [3.8, 4) is 5.69 Å². The number of rotatable bonds is 1. The standard InChI is InChI=1S/C12H12ClFN2/c1-7-8(2)15-16(9(7)3)11-6-4-5-10(14)12(11)13/h4-6H,1-3H3. The maximum Gasteiger partial charge on any atom is 0.143 e. The summed E-state index contributed by atoms with van der Waals surface area (Å²) in [6.07, 6.45) is 0. The van der Waals surface area contributed by atoms with Crippen molar-refractivity contribution in [1.82, 2.24) is 9.78 Å². The molecular weight excluding hydrogens is 227 g/mol. The maximum atomic E-state index is 13.3. The highest BCUT2D eigenvalue weighted by molar-refractivity contribution is 6.32. The average Bonchev–Trinajstić information content (AvgIpc) is 2.50.